The van der Waals surface area contributed by atoms with Crippen LogP contribution in [0.1, 0.15) is 28.0 Å². The molecule has 0 aliphatic heterocycles. The molecule has 1 unspecified atom stereocenters. The lowest BCUT2D eigenvalue weighted by Crippen LogP contribution is -2.41. The predicted molar refractivity (Wildman–Crippen MR) is 74.7 cm³/mol. The first-order valence-electron chi connectivity index (χ1n) is 5.74. The Balaban J connectivity index is 1.91. The Labute approximate surface area is 126 Å². The van der Waals surface area contributed by atoms with Gasteiger partial charge in [0.2, 0.25) is 11.0 Å². The van der Waals surface area contributed by atoms with Gasteiger partial charge >= 0.3 is 0 Å². The molecule has 112 valence electrons. The van der Waals surface area contributed by atoms with Crippen LogP contribution in [0.4, 0.5) is 13.9 Å². The van der Waals surface area contributed by atoms with Gasteiger partial charge in [-0.05, 0) is 18.4 Å². The zero-order chi connectivity index (χ0) is 15.4. The second-order valence-electron chi connectivity index (χ2n) is 3.91. The van der Waals surface area contributed by atoms with E-state index in [0.29, 0.717) is 16.2 Å². The molecule has 2 aromatic heterocycles. The standard InChI is InChI=1S/C11H10F2N4O2S2/c1-5(14-9(19)6-3-2-4-20-6)8(18)15-11-17-16-10(21-11)7(12)13/h2-5,7H,1H3,(H,14,19)(H,15,17,18). The van der Waals surface area contributed by atoms with Crippen LogP contribution in [-0.2, 0) is 4.79 Å². The topological polar surface area (TPSA) is 84.0 Å². The van der Waals surface area contributed by atoms with Gasteiger partial charge in [0, 0.05) is 0 Å². The van der Waals surface area contributed by atoms with Gasteiger partial charge < -0.3 is 5.32 Å². The van der Waals surface area contributed by atoms with E-state index in [4.69, 9.17) is 0 Å². The van der Waals surface area contributed by atoms with E-state index in [-0.39, 0.29) is 11.0 Å². The number of thiophene rings is 1. The van der Waals surface area contributed by atoms with E-state index in [1.54, 1.807) is 17.5 Å². The van der Waals surface area contributed by atoms with Crippen molar-refractivity contribution in [2.75, 3.05) is 5.32 Å². The highest BCUT2D eigenvalue weighted by molar-refractivity contribution is 7.15. The summed E-state index contributed by atoms with van der Waals surface area (Å²) in [6.07, 6.45) is -2.73. The predicted octanol–water partition coefficient (Wildman–Crippen LogP) is 2.29. The van der Waals surface area contributed by atoms with Crippen molar-refractivity contribution in [3.05, 3.63) is 27.4 Å². The lowest BCUT2D eigenvalue weighted by atomic mass is 10.3. The molecule has 0 aliphatic rings. The van der Waals surface area contributed by atoms with E-state index in [9.17, 15) is 18.4 Å². The summed E-state index contributed by atoms with van der Waals surface area (Å²) >= 11 is 1.84. The molecule has 1 atom stereocenters. The first-order valence-corrected chi connectivity index (χ1v) is 7.43. The number of nitrogens with zero attached hydrogens (tertiary/aromatic N) is 2. The van der Waals surface area contributed by atoms with Gasteiger partial charge in [0.25, 0.3) is 12.3 Å². The molecule has 2 N–H and O–H groups in total. The fraction of sp³-hybridized carbons (Fsp3) is 0.273. The number of halogens is 2. The monoisotopic (exact) mass is 332 g/mol. The quantitative estimate of drug-likeness (QED) is 0.880. The van der Waals surface area contributed by atoms with Gasteiger partial charge in [0.1, 0.15) is 6.04 Å². The Hall–Kier alpha value is -1.94. The Bertz CT molecular complexity index is 630. The summed E-state index contributed by atoms with van der Waals surface area (Å²) in [7, 11) is 0. The molecule has 2 aromatic rings. The summed E-state index contributed by atoms with van der Waals surface area (Å²) in [5.74, 6) is -0.935. The van der Waals surface area contributed by atoms with Crippen LogP contribution >= 0.6 is 22.7 Å². The second kappa shape index (κ2) is 6.68. The molecule has 10 heteroatoms. The molecule has 2 rings (SSSR count). The first kappa shape index (κ1) is 15.4. The number of carbonyl (C=O) groups excluding carboxylic acids is 2. The summed E-state index contributed by atoms with van der Waals surface area (Å²) in [6, 6.07) is 2.51. The summed E-state index contributed by atoms with van der Waals surface area (Å²) < 4.78 is 24.7. The van der Waals surface area contributed by atoms with E-state index in [2.05, 4.69) is 20.8 Å². The number of hydrogen-bond donors (Lipinski definition) is 2. The van der Waals surface area contributed by atoms with Crippen LogP contribution in [0.2, 0.25) is 0 Å². The molecule has 21 heavy (non-hydrogen) atoms. The van der Waals surface area contributed by atoms with Gasteiger partial charge in [-0.2, -0.15) is 0 Å². The molecular formula is C11H10F2N4O2S2. The maximum Gasteiger partial charge on any atom is 0.291 e. The van der Waals surface area contributed by atoms with Crippen LogP contribution in [-0.4, -0.2) is 28.1 Å². The fourth-order valence-corrected chi connectivity index (χ4v) is 2.56. The maximum absolute atomic E-state index is 12.3. The fourth-order valence-electron chi connectivity index (χ4n) is 1.33. The summed E-state index contributed by atoms with van der Waals surface area (Å²) in [5, 5.41) is 12.7. The van der Waals surface area contributed by atoms with Crippen molar-refractivity contribution in [3.63, 3.8) is 0 Å². The minimum absolute atomic E-state index is 0.0347. The van der Waals surface area contributed by atoms with Crippen LogP contribution < -0.4 is 10.6 Å². The minimum atomic E-state index is -2.73. The van der Waals surface area contributed by atoms with E-state index < -0.39 is 23.4 Å². The van der Waals surface area contributed by atoms with Crippen molar-refractivity contribution in [3.8, 4) is 0 Å². The lowest BCUT2D eigenvalue weighted by Gasteiger charge is -2.11. The number of carbonyl (C=O) groups is 2. The van der Waals surface area contributed by atoms with Gasteiger partial charge in [0.15, 0.2) is 5.01 Å². The highest BCUT2D eigenvalue weighted by atomic mass is 32.1. The van der Waals surface area contributed by atoms with Crippen molar-refractivity contribution in [1.82, 2.24) is 15.5 Å². The number of amides is 2. The Morgan fingerprint density at radius 2 is 2.10 bits per heavy atom. The van der Waals surface area contributed by atoms with E-state index in [1.165, 1.54) is 18.3 Å². The van der Waals surface area contributed by atoms with Crippen LogP contribution in [0, 0.1) is 0 Å². The van der Waals surface area contributed by atoms with E-state index >= 15 is 0 Å². The molecule has 6 nitrogen and oxygen atoms in total. The highest BCUT2D eigenvalue weighted by Gasteiger charge is 2.20. The third kappa shape index (κ3) is 4.02. The van der Waals surface area contributed by atoms with Crippen LogP contribution in [0.5, 0.6) is 0 Å². The zero-order valence-corrected chi connectivity index (χ0v) is 12.3. The zero-order valence-electron chi connectivity index (χ0n) is 10.7. The molecule has 0 radical (unpaired) electrons. The Morgan fingerprint density at radius 1 is 1.33 bits per heavy atom. The molecule has 2 heterocycles. The summed E-state index contributed by atoms with van der Waals surface area (Å²) in [5.41, 5.74) is 0. The maximum atomic E-state index is 12.3. The Kier molecular flexibility index (Phi) is 4.91. The lowest BCUT2D eigenvalue weighted by molar-refractivity contribution is -0.117. The van der Waals surface area contributed by atoms with Gasteiger partial charge in [-0.1, -0.05) is 17.4 Å². The van der Waals surface area contributed by atoms with Crippen molar-refractivity contribution in [2.45, 2.75) is 19.4 Å². The normalized spacial score (nSPS) is 12.2. The molecule has 2 amide bonds. The number of hydrogen-bond acceptors (Lipinski definition) is 6. The highest BCUT2D eigenvalue weighted by Crippen LogP contribution is 2.25. The SMILES string of the molecule is CC(NC(=O)c1cccs1)C(=O)Nc1nnc(C(F)F)s1. The van der Waals surface area contributed by atoms with Crippen LogP contribution in [0.3, 0.4) is 0 Å². The number of aromatic nitrogens is 2. The van der Waals surface area contributed by atoms with E-state index in [0.717, 1.165) is 0 Å². The molecule has 0 bridgehead atoms. The molecule has 0 aliphatic carbocycles. The smallest absolute Gasteiger partial charge is 0.291 e. The van der Waals surface area contributed by atoms with E-state index in [1.807, 2.05) is 0 Å². The third-order valence-electron chi connectivity index (χ3n) is 2.34. The summed E-state index contributed by atoms with van der Waals surface area (Å²) in [4.78, 5) is 24.1. The van der Waals surface area contributed by atoms with Crippen molar-refractivity contribution in [1.29, 1.82) is 0 Å². The van der Waals surface area contributed by atoms with Crippen molar-refractivity contribution < 1.29 is 18.4 Å². The van der Waals surface area contributed by atoms with Crippen LogP contribution in [0.25, 0.3) is 0 Å². The van der Waals surface area contributed by atoms with Gasteiger partial charge in [-0.15, -0.1) is 21.5 Å². The molecule has 0 fully saturated rings. The largest absolute Gasteiger partial charge is 0.340 e. The molecule has 0 aromatic carbocycles. The molecule has 0 saturated heterocycles. The molecular weight excluding hydrogens is 322 g/mol. The second-order valence-corrected chi connectivity index (χ2v) is 5.86. The number of anilines is 1. The van der Waals surface area contributed by atoms with Gasteiger partial charge in [-0.25, -0.2) is 8.78 Å². The molecule has 0 spiro atoms. The molecule has 0 saturated carbocycles. The summed E-state index contributed by atoms with van der Waals surface area (Å²) in [6.45, 7) is 1.48. The average molecular weight is 332 g/mol. The van der Waals surface area contributed by atoms with Gasteiger partial charge in [0.05, 0.1) is 4.88 Å². The van der Waals surface area contributed by atoms with Crippen molar-refractivity contribution in [2.24, 2.45) is 0 Å². The first-order chi connectivity index (χ1) is 9.97. The van der Waals surface area contributed by atoms with Crippen LogP contribution in [0.15, 0.2) is 17.5 Å². The number of rotatable bonds is 5. The number of alkyl halides is 2. The van der Waals surface area contributed by atoms with Crippen molar-refractivity contribution >= 4 is 39.6 Å². The third-order valence-corrected chi connectivity index (χ3v) is 4.06. The Morgan fingerprint density at radius 3 is 2.67 bits per heavy atom. The minimum Gasteiger partial charge on any atom is -0.340 e. The number of nitrogens with one attached hydrogen (secondary N) is 2. The average Bonchev–Trinajstić information content (AvgIpc) is 3.09. The van der Waals surface area contributed by atoms with Gasteiger partial charge in [-0.3, -0.25) is 14.9 Å².